The summed E-state index contributed by atoms with van der Waals surface area (Å²) in [6, 6.07) is 0. The van der Waals surface area contributed by atoms with Gasteiger partial charge in [-0.3, -0.25) is 9.59 Å². The van der Waals surface area contributed by atoms with Gasteiger partial charge in [0.15, 0.2) is 6.10 Å². The van der Waals surface area contributed by atoms with Crippen LogP contribution in [0.15, 0.2) is 72.9 Å². The van der Waals surface area contributed by atoms with Gasteiger partial charge in [-0.2, -0.15) is 0 Å². The summed E-state index contributed by atoms with van der Waals surface area (Å²) in [7, 11) is 5.99. The molecule has 0 aromatic rings. The Bertz CT molecular complexity index is 1730. The van der Waals surface area contributed by atoms with Crippen molar-refractivity contribution >= 4 is 17.9 Å². The normalized spacial score (nSPS) is 13.0. The van der Waals surface area contributed by atoms with Crippen LogP contribution in [0.4, 0.5) is 0 Å². The van der Waals surface area contributed by atoms with E-state index in [2.05, 4.69) is 86.8 Å². The molecule has 2 unspecified atom stereocenters. The van der Waals surface area contributed by atoms with E-state index in [1.54, 1.807) is 0 Å². The predicted molar refractivity (Wildman–Crippen MR) is 392 cm³/mol. The Morgan fingerprint density at radius 3 is 0.934 bits per heavy atom. The fourth-order valence-corrected chi connectivity index (χ4v) is 11.5. The lowest BCUT2D eigenvalue weighted by Crippen LogP contribution is -2.40. The van der Waals surface area contributed by atoms with Crippen LogP contribution in [-0.4, -0.2) is 87.4 Å². The number of allylic oxidation sites excluding steroid dienone is 12. The average Bonchev–Trinajstić information content (AvgIpc) is 3.46. The number of hydrogen-bond acceptors (Lipinski definition) is 7. The van der Waals surface area contributed by atoms with E-state index in [4.69, 9.17) is 18.9 Å². The lowest BCUT2D eigenvalue weighted by Gasteiger charge is -2.25. The van der Waals surface area contributed by atoms with Gasteiger partial charge in [0, 0.05) is 12.8 Å². The van der Waals surface area contributed by atoms with Crippen LogP contribution >= 0.6 is 0 Å². The zero-order chi connectivity index (χ0) is 66.1. The van der Waals surface area contributed by atoms with Crippen molar-refractivity contribution in [3.05, 3.63) is 72.9 Å². The molecule has 0 radical (unpaired) electrons. The minimum absolute atomic E-state index is 0.180. The summed E-state index contributed by atoms with van der Waals surface area (Å²) in [5, 5.41) is 9.76. The smallest absolute Gasteiger partial charge is 0.361 e. The first-order chi connectivity index (χ1) is 44.6. The first-order valence-electron chi connectivity index (χ1n) is 39.1. The summed E-state index contributed by atoms with van der Waals surface area (Å²) in [6.07, 6.45) is 94.9. The van der Waals surface area contributed by atoms with Gasteiger partial charge in [0.2, 0.25) is 0 Å². The van der Waals surface area contributed by atoms with Gasteiger partial charge in [-0.15, -0.1) is 0 Å². The third-order valence-electron chi connectivity index (χ3n) is 17.4. The fraction of sp³-hybridized carbons (Fsp3) is 0.817. The largest absolute Gasteiger partial charge is 0.477 e. The van der Waals surface area contributed by atoms with Crippen LogP contribution in [0.25, 0.3) is 0 Å². The number of carboxylic acids is 1. The van der Waals surface area contributed by atoms with Gasteiger partial charge >= 0.3 is 17.9 Å². The van der Waals surface area contributed by atoms with Gasteiger partial charge in [-0.05, 0) is 83.5 Å². The van der Waals surface area contributed by atoms with E-state index in [0.717, 1.165) is 70.6 Å². The van der Waals surface area contributed by atoms with E-state index in [0.29, 0.717) is 17.4 Å². The Kier molecular flexibility index (Phi) is 69.9. The Hall–Kier alpha value is -3.27. The van der Waals surface area contributed by atoms with Gasteiger partial charge in [-0.1, -0.05) is 350 Å². The Morgan fingerprint density at radius 1 is 0.341 bits per heavy atom. The van der Waals surface area contributed by atoms with Crippen molar-refractivity contribution in [2.24, 2.45) is 0 Å². The van der Waals surface area contributed by atoms with Crippen LogP contribution < -0.4 is 0 Å². The molecule has 0 aliphatic rings. The van der Waals surface area contributed by atoms with Crippen molar-refractivity contribution < 1.29 is 42.9 Å². The Balaban J connectivity index is 3.94. The molecule has 530 valence electrons. The van der Waals surface area contributed by atoms with Crippen molar-refractivity contribution in [3.8, 4) is 0 Å². The zero-order valence-electron chi connectivity index (χ0n) is 60.8. The minimum atomic E-state index is -1.51. The van der Waals surface area contributed by atoms with Crippen LogP contribution in [-0.2, 0) is 33.3 Å². The molecule has 9 heteroatoms. The van der Waals surface area contributed by atoms with Crippen LogP contribution in [0.1, 0.15) is 373 Å². The number of likely N-dealkylation sites (N-methyl/N-ethyl adjacent to an activating group) is 1. The molecule has 0 fully saturated rings. The third-order valence-corrected chi connectivity index (χ3v) is 17.4. The van der Waals surface area contributed by atoms with E-state index in [1.807, 2.05) is 21.1 Å². The first-order valence-corrected chi connectivity index (χ1v) is 39.1. The Morgan fingerprint density at radius 2 is 0.626 bits per heavy atom. The molecule has 0 saturated carbocycles. The summed E-state index contributed by atoms with van der Waals surface area (Å²) in [5.74, 6) is -1.99. The highest BCUT2D eigenvalue weighted by atomic mass is 16.7. The second-order valence-corrected chi connectivity index (χ2v) is 27.6. The number of esters is 2. The molecular weight excluding hydrogens is 1130 g/mol. The van der Waals surface area contributed by atoms with Crippen molar-refractivity contribution in [2.75, 3.05) is 47.5 Å². The summed E-state index contributed by atoms with van der Waals surface area (Å²) < 4.78 is 23.0. The number of carboxylic acid groups (broad SMARTS) is 1. The second kappa shape index (κ2) is 72.6. The highest BCUT2D eigenvalue weighted by Crippen LogP contribution is 2.19. The standard InChI is InChI=1S/C82H149NO8/c1-6-8-10-12-14-16-18-20-22-24-26-28-30-32-33-34-35-36-37-38-39-40-41-42-43-44-45-46-47-49-50-52-54-56-58-60-62-64-66-68-70-72-79(84)89-76-78(77-90-82(81(86)87)88-75-74-83(3,4)5)91-80(85)73-71-69-67-65-63-61-59-57-55-53-51-48-31-29-27-25-23-21-19-17-15-13-11-9-7-2/h9,11,15,17-18,20-21,23-24,26-27,29,78,82H,6-8,10,12-14,16,19,22,25,28,30-77H2,1-5H3/p+1/b11-9-,17-15-,20-18-,23-21-,26-24-,29-27-. The molecule has 0 heterocycles. The molecule has 0 aliphatic carbocycles. The maximum Gasteiger partial charge on any atom is 0.361 e. The SMILES string of the molecule is CC/C=C\C/C=C\C/C=C\C/C=C\CCCCCCCCCCCCCCC(=O)OC(COC(=O)CCCCCCCCCCCCCCCCCCCCCCCCCCCCCCC/C=C\C/C=C\CCCCCCC)COC(OCC[N+](C)(C)C)C(=O)O. The Labute approximate surface area is 564 Å². The number of nitrogens with zero attached hydrogens (tertiary/aromatic N) is 1. The van der Waals surface area contributed by atoms with Gasteiger partial charge in [0.05, 0.1) is 34.4 Å². The lowest BCUT2D eigenvalue weighted by molar-refractivity contribution is -0.870. The number of ether oxygens (including phenoxy) is 4. The molecule has 2 atom stereocenters. The topological polar surface area (TPSA) is 108 Å². The molecule has 91 heavy (non-hydrogen) atoms. The maximum absolute atomic E-state index is 13.0. The molecule has 1 N–H and O–H groups in total. The molecule has 0 spiro atoms. The maximum atomic E-state index is 13.0. The number of hydrogen-bond donors (Lipinski definition) is 1. The first kappa shape index (κ1) is 87.7. The number of carbonyl (C=O) groups is 3. The number of quaternary nitrogens is 1. The number of carbonyl (C=O) groups excluding carboxylic acids is 2. The van der Waals surface area contributed by atoms with Crippen LogP contribution in [0.3, 0.4) is 0 Å². The number of aliphatic carboxylic acids is 1. The summed E-state index contributed by atoms with van der Waals surface area (Å²) in [6.45, 7) is 4.80. The van der Waals surface area contributed by atoms with E-state index >= 15 is 0 Å². The van der Waals surface area contributed by atoms with Gasteiger partial charge in [0.25, 0.3) is 6.29 Å². The van der Waals surface area contributed by atoms with Crippen molar-refractivity contribution in [3.63, 3.8) is 0 Å². The fourth-order valence-electron chi connectivity index (χ4n) is 11.5. The molecule has 0 rings (SSSR count). The second-order valence-electron chi connectivity index (χ2n) is 27.6. The van der Waals surface area contributed by atoms with Crippen molar-refractivity contribution in [1.82, 2.24) is 0 Å². The van der Waals surface area contributed by atoms with E-state index in [1.165, 1.54) is 276 Å². The van der Waals surface area contributed by atoms with Gasteiger partial charge in [0.1, 0.15) is 13.2 Å². The quantitative estimate of drug-likeness (QED) is 0.0211. The van der Waals surface area contributed by atoms with Crippen molar-refractivity contribution in [1.29, 1.82) is 0 Å². The minimum Gasteiger partial charge on any atom is -0.477 e. The van der Waals surface area contributed by atoms with Gasteiger partial charge in [-0.25, -0.2) is 4.79 Å². The third kappa shape index (κ3) is 74.0. The van der Waals surface area contributed by atoms with Crippen molar-refractivity contribution in [2.45, 2.75) is 386 Å². The van der Waals surface area contributed by atoms with Crippen LogP contribution in [0, 0.1) is 0 Å². The zero-order valence-corrected chi connectivity index (χ0v) is 60.8. The molecular formula is C82H150NO8+. The highest BCUT2D eigenvalue weighted by molar-refractivity contribution is 5.71. The molecule has 0 saturated heterocycles. The summed E-state index contributed by atoms with van der Waals surface area (Å²) in [5.41, 5.74) is 0. The highest BCUT2D eigenvalue weighted by Gasteiger charge is 2.25. The van der Waals surface area contributed by atoms with E-state index in [-0.39, 0.29) is 32.2 Å². The average molecular weight is 1280 g/mol. The number of rotatable bonds is 73. The molecule has 0 aromatic carbocycles. The lowest BCUT2D eigenvalue weighted by atomic mass is 10.0. The molecule has 0 amide bonds. The molecule has 0 aliphatic heterocycles. The summed E-state index contributed by atoms with van der Waals surface area (Å²) >= 11 is 0. The molecule has 0 aromatic heterocycles. The number of unbranched alkanes of at least 4 members (excludes halogenated alkanes) is 46. The molecule has 9 nitrogen and oxygen atoms in total. The molecule has 0 bridgehead atoms. The monoisotopic (exact) mass is 1280 g/mol. The van der Waals surface area contributed by atoms with Gasteiger partial charge < -0.3 is 28.5 Å². The van der Waals surface area contributed by atoms with Crippen LogP contribution in [0.2, 0.25) is 0 Å². The van der Waals surface area contributed by atoms with E-state index in [9.17, 15) is 19.5 Å². The summed E-state index contributed by atoms with van der Waals surface area (Å²) in [4.78, 5) is 37.7. The predicted octanol–water partition coefficient (Wildman–Crippen LogP) is 24.8. The van der Waals surface area contributed by atoms with E-state index < -0.39 is 24.3 Å². The van der Waals surface area contributed by atoms with Crippen LogP contribution in [0.5, 0.6) is 0 Å².